The molecule has 2 rings (SSSR count). The first-order valence-corrected chi connectivity index (χ1v) is 5.72. The van der Waals surface area contributed by atoms with Gasteiger partial charge in [-0.3, -0.25) is 9.36 Å². The van der Waals surface area contributed by atoms with Gasteiger partial charge in [-0.1, -0.05) is 17.7 Å². The zero-order valence-corrected chi connectivity index (χ0v) is 10.6. The normalized spacial score (nSPS) is 9.68. The van der Waals surface area contributed by atoms with Gasteiger partial charge in [0.15, 0.2) is 0 Å². The van der Waals surface area contributed by atoms with Crippen LogP contribution in [0.1, 0.15) is 22.4 Å². The van der Waals surface area contributed by atoms with Gasteiger partial charge in [0.25, 0.3) is 5.56 Å². The maximum atomic E-state index is 12.2. The Balaban J connectivity index is 2.84. The molecular formula is C15H11N3O. The predicted molar refractivity (Wildman–Crippen MR) is 70.9 cm³/mol. The summed E-state index contributed by atoms with van der Waals surface area (Å²) in [5.74, 6) is 0. The van der Waals surface area contributed by atoms with E-state index in [-0.39, 0.29) is 5.56 Å². The minimum Gasteiger partial charge on any atom is -0.279 e. The SMILES string of the molecule is Cc1ccc(-n2c(C)c(C#N)cc(C#N)c2=O)cc1. The molecule has 2 aromatic rings. The molecule has 0 fully saturated rings. The van der Waals surface area contributed by atoms with E-state index in [1.165, 1.54) is 10.6 Å². The largest absolute Gasteiger partial charge is 0.279 e. The van der Waals surface area contributed by atoms with Crippen molar-refractivity contribution < 1.29 is 0 Å². The highest BCUT2D eigenvalue weighted by atomic mass is 16.1. The van der Waals surface area contributed by atoms with Gasteiger partial charge in [0.2, 0.25) is 0 Å². The van der Waals surface area contributed by atoms with E-state index in [4.69, 9.17) is 10.5 Å². The van der Waals surface area contributed by atoms with Gasteiger partial charge in [-0.2, -0.15) is 10.5 Å². The quantitative estimate of drug-likeness (QED) is 0.777. The van der Waals surface area contributed by atoms with Crippen molar-refractivity contribution in [3.8, 4) is 17.8 Å². The number of hydrogen-bond acceptors (Lipinski definition) is 3. The Hall–Kier alpha value is -2.85. The third-order valence-corrected chi connectivity index (χ3v) is 2.98. The van der Waals surface area contributed by atoms with Crippen LogP contribution in [-0.4, -0.2) is 4.57 Å². The maximum absolute atomic E-state index is 12.2. The van der Waals surface area contributed by atoms with Crippen LogP contribution >= 0.6 is 0 Å². The molecule has 0 amide bonds. The lowest BCUT2D eigenvalue weighted by atomic mass is 10.1. The summed E-state index contributed by atoms with van der Waals surface area (Å²) in [4.78, 5) is 12.2. The minimum absolute atomic E-state index is 0.0253. The van der Waals surface area contributed by atoms with E-state index in [2.05, 4.69) is 0 Å². The molecular weight excluding hydrogens is 238 g/mol. The second kappa shape index (κ2) is 4.80. The molecule has 0 aliphatic rings. The molecule has 4 nitrogen and oxygen atoms in total. The smallest absolute Gasteiger partial charge is 0.273 e. The van der Waals surface area contributed by atoms with Crippen LogP contribution in [0.15, 0.2) is 35.1 Å². The molecule has 1 aromatic heterocycles. The van der Waals surface area contributed by atoms with Crippen LogP contribution in [0.4, 0.5) is 0 Å². The Morgan fingerprint density at radius 1 is 1.00 bits per heavy atom. The molecule has 0 unspecified atom stereocenters. The lowest BCUT2D eigenvalue weighted by Crippen LogP contribution is -2.24. The third kappa shape index (κ3) is 2.12. The molecule has 0 aliphatic heterocycles. The number of rotatable bonds is 1. The molecule has 0 atom stereocenters. The van der Waals surface area contributed by atoms with Gasteiger partial charge in [-0.05, 0) is 32.0 Å². The molecule has 4 heteroatoms. The van der Waals surface area contributed by atoms with Crippen molar-refractivity contribution in [2.24, 2.45) is 0 Å². The number of nitriles is 2. The lowest BCUT2D eigenvalue weighted by molar-refractivity contribution is 0.921. The van der Waals surface area contributed by atoms with Crippen molar-refractivity contribution in [1.82, 2.24) is 4.57 Å². The standard InChI is InChI=1S/C15H11N3O/c1-10-3-5-14(6-4-10)18-11(2)12(8-16)7-13(9-17)15(18)19/h3-7H,1-2H3. The van der Waals surface area contributed by atoms with Crippen LogP contribution in [0, 0.1) is 36.5 Å². The summed E-state index contributed by atoms with van der Waals surface area (Å²) in [5, 5.41) is 18.0. The number of hydrogen-bond donors (Lipinski definition) is 0. The fourth-order valence-electron chi connectivity index (χ4n) is 1.90. The minimum atomic E-state index is -0.400. The van der Waals surface area contributed by atoms with Gasteiger partial charge < -0.3 is 0 Å². The van der Waals surface area contributed by atoms with E-state index in [9.17, 15) is 4.79 Å². The second-order valence-corrected chi connectivity index (χ2v) is 4.26. The zero-order valence-electron chi connectivity index (χ0n) is 10.6. The lowest BCUT2D eigenvalue weighted by Gasteiger charge is -2.11. The van der Waals surface area contributed by atoms with E-state index in [1.54, 1.807) is 19.1 Å². The van der Waals surface area contributed by atoms with E-state index >= 15 is 0 Å². The molecule has 0 bridgehead atoms. The average molecular weight is 249 g/mol. The van der Waals surface area contributed by atoms with Crippen LogP contribution in [0.2, 0.25) is 0 Å². The van der Waals surface area contributed by atoms with Crippen LogP contribution in [0.5, 0.6) is 0 Å². The number of benzene rings is 1. The summed E-state index contributed by atoms with van der Waals surface area (Å²) in [7, 11) is 0. The molecule has 92 valence electrons. The molecule has 0 saturated carbocycles. The predicted octanol–water partition coefficient (Wildman–Crippen LogP) is 2.20. The Morgan fingerprint density at radius 2 is 1.58 bits per heavy atom. The topological polar surface area (TPSA) is 69.6 Å². The molecule has 0 aliphatic carbocycles. The molecule has 0 saturated heterocycles. The van der Waals surface area contributed by atoms with Crippen LogP contribution in [0.3, 0.4) is 0 Å². The first-order chi connectivity index (χ1) is 9.08. The number of nitrogens with zero attached hydrogens (tertiary/aromatic N) is 3. The summed E-state index contributed by atoms with van der Waals surface area (Å²) in [6, 6.07) is 12.5. The van der Waals surface area contributed by atoms with Crippen molar-refractivity contribution in [3.63, 3.8) is 0 Å². The monoisotopic (exact) mass is 249 g/mol. The first kappa shape index (κ1) is 12.6. The fraction of sp³-hybridized carbons (Fsp3) is 0.133. The summed E-state index contributed by atoms with van der Waals surface area (Å²) in [6.45, 7) is 3.65. The van der Waals surface area contributed by atoms with E-state index in [1.807, 2.05) is 31.2 Å². The van der Waals surface area contributed by atoms with Crippen molar-refractivity contribution >= 4 is 0 Å². The molecule has 0 radical (unpaired) electrons. The highest BCUT2D eigenvalue weighted by molar-refractivity contribution is 5.46. The van der Waals surface area contributed by atoms with E-state index in [0.717, 1.165) is 5.56 Å². The van der Waals surface area contributed by atoms with E-state index < -0.39 is 5.56 Å². The molecule has 0 spiro atoms. The molecule has 1 aromatic carbocycles. The van der Waals surface area contributed by atoms with Crippen molar-refractivity contribution in [3.05, 3.63) is 63.1 Å². The van der Waals surface area contributed by atoms with Gasteiger partial charge in [0.05, 0.1) is 5.56 Å². The average Bonchev–Trinajstić information content (AvgIpc) is 2.41. The summed E-state index contributed by atoms with van der Waals surface area (Å²) < 4.78 is 1.40. The van der Waals surface area contributed by atoms with E-state index in [0.29, 0.717) is 16.9 Å². The zero-order chi connectivity index (χ0) is 14.0. The Labute approximate surface area is 110 Å². The van der Waals surface area contributed by atoms with Gasteiger partial charge in [-0.25, -0.2) is 0 Å². The summed E-state index contributed by atoms with van der Waals surface area (Å²) in [6.07, 6.45) is 0. The Bertz CT molecular complexity index is 771. The van der Waals surface area contributed by atoms with Gasteiger partial charge in [0.1, 0.15) is 17.7 Å². The number of aryl methyl sites for hydroxylation is 1. The summed E-state index contributed by atoms with van der Waals surface area (Å²) >= 11 is 0. The Morgan fingerprint density at radius 3 is 2.11 bits per heavy atom. The molecule has 0 N–H and O–H groups in total. The molecule has 19 heavy (non-hydrogen) atoms. The number of aromatic nitrogens is 1. The van der Waals surface area contributed by atoms with Gasteiger partial charge in [0, 0.05) is 11.4 Å². The summed E-state index contributed by atoms with van der Waals surface area (Å²) in [5.41, 5.74) is 2.17. The highest BCUT2D eigenvalue weighted by Crippen LogP contribution is 2.13. The number of pyridine rings is 1. The fourth-order valence-corrected chi connectivity index (χ4v) is 1.90. The second-order valence-electron chi connectivity index (χ2n) is 4.26. The first-order valence-electron chi connectivity index (χ1n) is 5.72. The maximum Gasteiger partial charge on any atom is 0.273 e. The van der Waals surface area contributed by atoms with Gasteiger partial charge in [-0.15, -0.1) is 0 Å². The van der Waals surface area contributed by atoms with Crippen LogP contribution < -0.4 is 5.56 Å². The highest BCUT2D eigenvalue weighted by Gasteiger charge is 2.12. The molecule has 1 heterocycles. The van der Waals surface area contributed by atoms with Crippen LogP contribution in [0.25, 0.3) is 5.69 Å². The van der Waals surface area contributed by atoms with Crippen molar-refractivity contribution in [2.75, 3.05) is 0 Å². The van der Waals surface area contributed by atoms with Crippen molar-refractivity contribution in [2.45, 2.75) is 13.8 Å². The Kier molecular flexibility index (Phi) is 3.18. The van der Waals surface area contributed by atoms with Crippen molar-refractivity contribution in [1.29, 1.82) is 10.5 Å². The van der Waals surface area contributed by atoms with Crippen LogP contribution in [-0.2, 0) is 0 Å². The van der Waals surface area contributed by atoms with Gasteiger partial charge >= 0.3 is 0 Å². The third-order valence-electron chi connectivity index (χ3n) is 2.98.